The fourth-order valence-electron chi connectivity index (χ4n) is 0.956. The predicted octanol–water partition coefficient (Wildman–Crippen LogP) is -2.80. The van der Waals surface area contributed by atoms with Crippen LogP contribution < -0.4 is 29.6 Å². The molecule has 1 aliphatic heterocycles. The summed E-state index contributed by atoms with van der Waals surface area (Å²) < 4.78 is 5.49. The molecular weight excluding hydrogens is 158 g/mol. The van der Waals surface area contributed by atoms with Crippen molar-refractivity contribution in [2.24, 2.45) is 0 Å². The van der Waals surface area contributed by atoms with E-state index in [9.17, 15) is 0 Å². The molecule has 0 aromatic heterocycles. The molecular formula is C5H14NaOPSi. The van der Waals surface area contributed by atoms with E-state index < -0.39 is 0 Å². The molecule has 1 heterocycles. The zero-order chi connectivity index (χ0) is 6.04. The van der Waals surface area contributed by atoms with E-state index in [-0.39, 0.29) is 35.9 Å². The van der Waals surface area contributed by atoms with Gasteiger partial charge in [-0.2, -0.15) is 0 Å². The van der Waals surface area contributed by atoms with Gasteiger partial charge in [-0.3, -0.25) is 0 Å². The summed E-state index contributed by atoms with van der Waals surface area (Å²) in [5.74, 6) is 0. The largest absolute Gasteiger partial charge is 1.00 e. The Balaban J connectivity index is 0. The van der Waals surface area contributed by atoms with Gasteiger partial charge in [-0.1, -0.05) is 0 Å². The maximum Gasteiger partial charge on any atom is 1.00 e. The van der Waals surface area contributed by atoms with E-state index in [1.807, 2.05) is 0 Å². The van der Waals surface area contributed by atoms with Crippen LogP contribution >= 0.6 is 9.24 Å². The molecule has 0 aromatic rings. The van der Waals surface area contributed by atoms with E-state index in [4.69, 9.17) is 4.74 Å². The SMILES string of the molecule is [H-].[Na+].[SiH3]C1(P)CCCCO1. The molecule has 0 aliphatic carbocycles. The van der Waals surface area contributed by atoms with Crippen molar-refractivity contribution in [2.75, 3.05) is 6.61 Å². The predicted molar refractivity (Wildman–Crippen MR) is 43.3 cm³/mol. The summed E-state index contributed by atoms with van der Waals surface area (Å²) in [6, 6.07) is 0. The minimum Gasteiger partial charge on any atom is -1.00 e. The monoisotopic (exact) mass is 172 g/mol. The molecule has 1 fully saturated rings. The fourth-order valence-corrected chi connectivity index (χ4v) is 1.84. The number of rotatable bonds is 0. The molecule has 50 valence electrons. The maximum absolute atomic E-state index is 5.49. The average molecular weight is 172 g/mol. The Kier molecular flexibility index (Phi) is 5.28. The number of hydrogen-bond donors (Lipinski definition) is 0. The van der Waals surface area contributed by atoms with Crippen molar-refractivity contribution < 1.29 is 35.7 Å². The Labute approximate surface area is 85.7 Å². The van der Waals surface area contributed by atoms with Gasteiger partial charge in [0.15, 0.2) is 0 Å². The third-order valence-electron chi connectivity index (χ3n) is 1.50. The first-order valence-corrected chi connectivity index (χ1v) is 4.71. The van der Waals surface area contributed by atoms with Crippen LogP contribution in [0.2, 0.25) is 0 Å². The molecule has 1 rings (SSSR count). The van der Waals surface area contributed by atoms with Crippen molar-refractivity contribution in [2.45, 2.75) is 24.2 Å². The van der Waals surface area contributed by atoms with Crippen molar-refractivity contribution in [3.63, 3.8) is 0 Å². The van der Waals surface area contributed by atoms with Gasteiger partial charge >= 0.3 is 29.6 Å². The molecule has 0 spiro atoms. The van der Waals surface area contributed by atoms with Crippen LogP contribution in [-0.4, -0.2) is 21.8 Å². The summed E-state index contributed by atoms with van der Waals surface area (Å²) in [4.78, 5) is 0.234. The second kappa shape index (κ2) is 4.48. The van der Waals surface area contributed by atoms with Gasteiger partial charge in [0.05, 0.1) is 4.97 Å². The average Bonchev–Trinajstić information content (AvgIpc) is 1.65. The molecule has 0 aromatic carbocycles. The molecule has 0 amide bonds. The Hall–Kier alpha value is 1.61. The zero-order valence-electron chi connectivity index (χ0n) is 7.31. The molecule has 0 radical (unpaired) electrons. The van der Waals surface area contributed by atoms with Crippen molar-refractivity contribution in [3.8, 4) is 0 Å². The molecule has 2 atom stereocenters. The van der Waals surface area contributed by atoms with E-state index in [1.54, 1.807) is 0 Å². The van der Waals surface area contributed by atoms with Crippen LogP contribution in [0.15, 0.2) is 0 Å². The summed E-state index contributed by atoms with van der Waals surface area (Å²) in [6.45, 7) is 0.979. The molecule has 0 bridgehead atoms. The van der Waals surface area contributed by atoms with Gasteiger partial charge in [0.1, 0.15) is 0 Å². The molecule has 9 heavy (non-hydrogen) atoms. The van der Waals surface area contributed by atoms with E-state index in [2.05, 4.69) is 9.24 Å². The topological polar surface area (TPSA) is 9.23 Å². The first-order valence-electron chi connectivity index (χ1n) is 3.14. The Morgan fingerprint density at radius 3 is 2.44 bits per heavy atom. The van der Waals surface area contributed by atoms with Gasteiger partial charge in [-0.15, -0.1) is 9.24 Å². The van der Waals surface area contributed by atoms with Crippen LogP contribution in [0.4, 0.5) is 0 Å². The van der Waals surface area contributed by atoms with E-state index in [1.165, 1.54) is 19.3 Å². The van der Waals surface area contributed by atoms with Gasteiger partial charge in [0.2, 0.25) is 0 Å². The number of hydrogen-bond acceptors (Lipinski definition) is 1. The van der Waals surface area contributed by atoms with E-state index in [0.29, 0.717) is 0 Å². The van der Waals surface area contributed by atoms with Crippen LogP contribution in [-0.2, 0) is 4.74 Å². The normalized spacial score (nSPS) is 35.7. The quantitative estimate of drug-likeness (QED) is 0.283. The van der Waals surface area contributed by atoms with Gasteiger partial charge in [-0.25, -0.2) is 0 Å². The van der Waals surface area contributed by atoms with E-state index >= 15 is 0 Å². The van der Waals surface area contributed by atoms with Crippen molar-refractivity contribution in [3.05, 3.63) is 0 Å². The summed E-state index contributed by atoms with van der Waals surface area (Å²) in [7, 11) is 3.95. The van der Waals surface area contributed by atoms with Crippen LogP contribution in [0, 0.1) is 0 Å². The Morgan fingerprint density at radius 1 is 1.56 bits per heavy atom. The first-order chi connectivity index (χ1) is 3.71. The van der Waals surface area contributed by atoms with Crippen LogP contribution in [0.1, 0.15) is 20.7 Å². The number of ether oxygens (including phenoxy) is 1. The summed E-state index contributed by atoms with van der Waals surface area (Å²) >= 11 is 0. The van der Waals surface area contributed by atoms with Gasteiger partial charge < -0.3 is 6.16 Å². The van der Waals surface area contributed by atoms with Crippen molar-refractivity contribution in [1.29, 1.82) is 0 Å². The van der Waals surface area contributed by atoms with Crippen molar-refractivity contribution in [1.82, 2.24) is 0 Å². The van der Waals surface area contributed by atoms with Crippen molar-refractivity contribution >= 4 is 19.5 Å². The second-order valence-electron chi connectivity index (χ2n) is 2.62. The standard InChI is InChI=1S/C5H13OPSi.Na.H/c7-5(8)3-1-2-4-6-5;;/h1-4,7H2,8H3;;/q;+1;-1. The van der Waals surface area contributed by atoms with Crippen LogP contribution in [0.25, 0.3) is 0 Å². The molecule has 4 heteroatoms. The third kappa shape index (κ3) is 4.13. The summed E-state index contributed by atoms with van der Waals surface area (Å²) in [5.41, 5.74) is 0. The first kappa shape index (κ1) is 10.6. The smallest absolute Gasteiger partial charge is 1.00 e. The molecule has 1 nitrogen and oxygen atoms in total. The summed E-state index contributed by atoms with van der Waals surface area (Å²) in [5, 5.41) is 0. The Morgan fingerprint density at radius 2 is 2.22 bits per heavy atom. The second-order valence-corrected chi connectivity index (χ2v) is 6.69. The molecule has 0 N–H and O–H groups in total. The molecule has 1 aliphatic rings. The molecule has 2 unspecified atom stereocenters. The molecule has 0 saturated carbocycles. The van der Waals surface area contributed by atoms with Gasteiger partial charge in [0, 0.05) is 16.8 Å². The minimum atomic E-state index is 0. The maximum atomic E-state index is 5.49. The third-order valence-corrected chi connectivity index (χ3v) is 2.74. The van der Waals surface area contributed by atoms with Crippen LogP contribution in [0.3, 0.4) is 0 Å². The minimum absolute atomic E-state index is 0. The molecule has 1 saturated heterocycles. The zero-order valence-corrected chi connectivity index (χ0v) is 11.5. The van der Waals surface area contributed by atoms with Gasteiger partial charge in [0.25, 0.3) is 0 Å². The fraction of sp³-hybridized carbons (Fsp3) is 1.00. The van der Waals surface area contributed by atoms with Gasteiger partial charge in [-0.05, 0) is 19.3 Å². The van der Waals surface area contributed by atoms with Crippen LogP contribution in [0.5, 0.6) is 0 Å². The summed E-state index contributed by atoms with van der Waals surface area (Å²) in [6.07, 6.45) is 3.87. The Bertz CT molecular complexity index is 85.7. The van der Waals surface area contributed by atoms with E-state index in [0.717, 1.165) is 16.8 Å².